The number of thiazole rings is 1. The number of hydrogen-bond acceptors (Lipinski definition) is 9. The van der Waals surface area contributed by atoms with E-state index in [1.54, 1.807) is 31.5 Å². The highest BCUT2D eigenvalue weighted by molar-refractivity contribution is 7.22. The Morgan fingerprint density at radius 3 is 2.54 bits per heavy atom. The summed E-state index contributed by atoms with van der Waals surface area (Å²) >= 11 is 8.10. The topological polar surface area (TPSA) is 103 Å². The first-order valence-corrected chi connectivity index (χ1v) is 13.2. The molecule has 37 heavy (non-hydrogen) atoms. The molecule has 0 saturated carbocycles. The third kappa shape index (κ3) is 4.51. The highest BCUT2D eigenvalue weighted by Crippen LogP contribution is 2.42. The van der Waals surface area contributed by atoms with Gasteiger partial charge >= 0.3 is 6.01 Å². The Morgan fingerprint density at radius 2 is 1.78 bits per heavy atom. The summed E-state index contributed by atoms with van der Waals surface area (Å²) in [4.78, 5) is 24.1. The van der Waals surface area contributed by atoms with Crippen molar-refractivity contribution in [2.45, 2.75) is 32.6 Å². The lowest BCUT2D eigenvalue weighted by molar-refractivity contribution is 0.438. The van der Waals surface area contributed by atoms with Crippen molar-refractivity contribution in [2.24, 2.45) is 0 Å². The summed E-state index contributed by atoms with van der Waals surface area (Å²) in [6.07, 6.45) is 7.41. The molecule has 1 saturated heterocycles. The number of benzene rings is 2. The van der Waals surface area contributed by atoms with Gasteiger partial charge in [0.05, 0.1) is 27.6 Å². The van der Waals surface area contributed by atoms with Crippen molar-refractivity contribution < 1.29 is 9.13 Å². The van der Waals surface area contributed by atoms with Gasteiger partial charge in [0.1, 0.15) is 17.2 Å². The van der Waals surface area contributed by atoms with Gasteiger partial charge in [-0.05, 0) is 31.9 Å². The second kappa shape index (κ2) is 9.68. The lowest BCUT2D eigenvalue weighted by Crippen LogP contribution is -2.25. The molecule has 0 aliphatic carbocycles. The molecule has 0 atom stereocenters. The molecule has 0 bridgehead atoms. The fourth-order valence-corrected chi connectivity index (χ4v) is 5.74. The van der Waals surface area contributed by atoms with Crippen molar-refractivity contribution in [1.29, 1.82) is 0 Å². The van der Waals surface area contributed by atoms with Crippen LogP contribution in [0.4, 0.5) is 15.3 Å². The van der Waals surface area contributed by atoms with Gasteiger partial charge in [0.25, 0.3) is 0 Å². The molecule has 0 unspecified atom stereocenters. The van der Waals surface area contributed by atoms with E-state index in [1.807, 2.05) is 12.1 Å². The lowest BCUT2D eigenvalue weighted by atomic mass is 10.0. The van der Waals surface area contributed by atoms with E-state index in [-0.39, 0.29) is 22.1 Å². The smallest absolute Gasteiger partial charge is 0.324 e. The lowest BCUT2D eigenvalue weighted by Gasteiger charge is -2.24. The zero-order chi connectivity index (χ0) is 25.5. The Morgan fingerprint density at radius 1 is 1.03 bits per heavy atom. The molecular formula is C26H23ClFN7OS. The number of nitrogens with zero attached hydrogens (tertiary/aromatic N) is 6. The number of rotatable bonds is 4. The molecular weight excluding hydrogens is 513 g/mol. The SMILES string of the molecule is Cc1ncc(Oc2nc(N3CCCCCC3)c3cc(Cl)c(-c4cccc5sc(N)nc45)c(F)c3n2)cn1. The summed E-state index contributed by atoms with van der Waals surface area (Å²) < 4.78 is 23.2. The third-order valence-corrected chi connectivity index (χ3v) is 7.57. The number of aromatic nitrogens is 5. The number of fused-ring (bicyclic) bond motifs is 2. The minimum Gasteiger partial charge on any atom is -0.421 e. The van der Waals surface area contributed by atoms with Crippen LogP contribution in [-0.4, -0.2) is 38.0 Å². The molecule has 1 aliphatic rings. The molecule has 8 nitrogen and oxygen atoms in total. The first-order valence-electron chi connectivity index (χ1n) is 12.0. The first kappa shape index (κ1) is 23.7. The molecule has 188 valence electrons. The molecule has 3 aromatic heterocycles. The van der Waals surface area contributed by atoms with E-state index in [4.69, 9.17) is 27.1 Å². The van der Waals surface area contributed by atoms with Crippen molar-refractivity contribution >= 4 is 55.0 Å². The van der Waals surface area contributed by atoms with E-state index in [9.17, 15) is 0 Å². The summed E-state index contributed by atoms with van der Waals surface area (Å²) in [7, 11) is 0. The average molecular weight is 536 g/mol. The highest BCUT2D eigenvalue weighted by Gasteiger charge is 2.24. The highest BCUT2D eigenvalue weighted by atomic mass is 35.5. The summed E-state index contributed by atoms with van der Waals surface area (Å²) in [5.74, 6) is 1.01. The van der Waals surface area contributed by atoms with Crippen molar-refractivity contribution in [3.63, 3.8) is 0 Å². The first-order chi connectivity index (χ1) is 18.0. The number of ether oxygens (including phenoxy) is 1. The molecule has 2 N–H and O–H groups in total. The predicted octanol–water partition coefficient (Wildman–Crippen LogP) is 6.55. The number of para-hydroxylation sites is 1. The Balaban J connectivity index is 1.57. The molecule has 2 aromatic carbocycles. The standard InChI is InChI=1S/C26H23ClFN7OS/c1-14-30-12-15(13-31-14)36-26-33-23-17(24(34-26)35-9-4-2-3-5-10-35)11-18(27)20(21(23)28)16-7-6-8-19-22(16)32-25(29)37-19/h6-8,11-13H,2-5,9-10H2,1H3,(H2,29,32). The Bertz CT molecular complexity index is 1620. The van der Waals surface area contributed by atoms with Crippen LogP contribution in [0, 0.1) is 12.7 Å². The second-order valence-electron chi connectivity index (χ2n) is 8.95. The fourth-order valence-electron chi connectivity index (χ4n) is 4.68. The molecule has 5 aromatic rings. The van der Waals surface area contributed by atoms with E-state index in [0.29, 0.717) is 39.0 Å². The number of hydrogen-bond donors (Lipinski definition) is 1. The zero-order valence-corrected chi connectivity index (χ0v) is 21.6. The quantitative estimate of drug-likeness (QED) is 0.276. The molecule has 0 amide bonds. The molecule has 11 heteroatoms. The van der Waals surface area contributed by atoms with Crippen molar-refractivity contribution in [2.75, 3.05) is 23.7 Å². The summed E-state index contributed by atoms with van der Waals surface area (Å²) in [5.41, 5.74) is 7.44. The van der Waals surface area contributed by atoms with Crippen molar-refractivity contribution in [3.8, 4) is 22.9 Å². The van der Waals surface area contributed by atoms with Gasteiger partial charge in [-0.2, -0.15) is 9.97 Å². The van der Waals surface area contributed by atoms with Gasteiger partial charge in [-0.1, -0.05) is 47.9 Å². The molecule has 4 heterocycles. The maximum atomic E-state index is 16.4. The van der Waals surface area contributed by atoms with Crippen LogP contribution in [0.1, 0.15) is 31.5 Å². The van der Waals surface area contributed by atoms with Crippen molar-refractivity contribution in [3.05, 3.63) is 53.3 Å². The predicted molar refractivity (Wildman–Crippen MR) is 145 cm³/mol. The second-order valence-corrected chi connectivity index (χ2v) is 10.4. The van der Waals surface area contributed by atoms with Crippen LogP contribution >= 0.6 is 22.9 Å². The minimum absolute atomic E-state index is 0.0162. The molecule has 0 spiro atoms. The number of anilines is 2. The van der Waals surface area contributed by atoms with E-state index < -0.39 is 5.82 Å². The monoisotopic (exact) mass is 535 g/mol. The van der Waals surface area contributed by atoms with E-state index in [1.165, 1.54) is 11.3 Å². The van der Waals surface area contributed by atoms with Crippen LogP contribution in [0.2, 0.25) is 5.02 Å². The minimum atomic E-state index is -0.565. The fraction of sp³-hybridized carbons (Fsp3) is 0.269. The zero-order valence-electron chi connectivity index (χ0n) is 20.0. The van der Waals surface area contributed by atoms with Crippen LogP contribution in [0.15, 0.2) is 36.7 Å². The van der Waals surface area contributed by atoms with E-state index in [0.717, 1.165) is 43.5 Å². The van der Waals surface area contributed by atoms with Crippen LogP contribution in [-0.2, 0) is 0 Å². The summed E-state index contributed by atoms with van der Waals surface area (Å²) in [6, 6.07) is 7.28. The van der Waals surface area contributed by atoms with Crippen molar-refractivity contribution in [1.82, 2.24) is 24.9 Å². The van der Waals surface area contributed by atoms with Gasteiger partial charge in [-0.15, -0.1) is 0 Å². The number of aryl methyl sites for hydroxylation is 1. The maximum Gasteiger partial charge on any atom is 0.324 e. The number of nitrogen functional groups attached to an aromatic ring is 1. The normalized spacial score (nSPS) is 14.3. The Labute approximate surface area is 221 Å². The summed E-state index contributed by atoms with van der Waals surface area (Å²) in [6.45, 7) is 3.39. The maximum absolute atomic E-state index is 16.4. The van der Waals surface area contributed by atoms with Crippen LogP contribution in [0.3, 0.4) is 0 Å². The molecule has 1 aliphatic heterocycles. The van der Waals surface area contributed by atoms with Crippen LogP contribution in [0.25, 0.3) is 32.2 Å². The van der Waals surface area contributed by atoms with Gasteiger partial charge in [0, 0.05) is 29.6 Å². The van der Waals surface area contributed by atoms with Gasteiger partial charge in [0.15, 0.2) is 16.7 Å². The Kier molecular flexibility index (Phi) is 6.21. The number of halogens is 2. The average Bonchev–Trinajstić information content (AvgIpc) is 3.08. The van der Waals surface area contributed by atoms with Gasteiger partial charge < -0.3 is 15.4 Å². The van der Waals surface area contributed by atoms with Gasteiger partial charge in [0.2, 0.25) is 0 Å². The molecule has 0 radical (unpaired) electrons. The molecule has 6 rings (SSSR count). The van der Waals surface area contributed by atoms with E-state index >= 15 is 4.39 Å². The Hall–Kier alpha value is -3.63. The van der Waals surface area contributed by atoms with Crippen LogP contribution < -0.4 is 15.4 Å². The number of nitrogens with two attached hydrogens (primary N) is 1. The largest absolute Gasteiger partial charge is 0.421 e. The third-order valence-electron chi connectivity index (χ3n) is 6.42. The van der Waals surface area contributed by atoms with Gasteiger partial charge in [-0.3, -0.25) is 0 Å². The van der Waals surface area contributed by atoms with E-state index in [2.05, 4.69) is 24.8 Å². The summed E-state index contributed by atoms with van der Waals surface area (Å²) in [5, 5.41) is 1.19. The van der Waals surface area contributed by atoms with Gasteiger partial charge in [-0.25, -0.2) is 19.3 Å². The molecule has 1 fully saturated rings. The van der Waals surface area contributed by atoms with Crippen LogP contribution in [0.5, 0.6) is 11.8 Å².